The van der Waals surface area contributed by atoms with Crippen LogP contribution in [0.3, 0.4) is 0 Å². The highest BCUT2D eigenvalue weighted by Gasteiger charge is 2.13. The highest BCUT2D eigenvalue weighted by atomic mass is 35.5. The minimum absolute atomic E-state index is 0.135. The zero-order chi connectivity index (χ0) is 14.8. The number of rotatable bonds is 4. The van der Waals surface area contributed by atoms with Crippen molar-refractivity contribution < 1.29 is 8.42 Å². The van der Waals surface area contributed by atoms with Crippen molar-refractivity contribution in [2.75, 3.05) is 0 Å². The van der Waals surface area contributed by atoms with Crippen LogP contribution in [-0.2, 0) is 16.6 Å². The van der Waals surface area contributed by atoms with Crippen molar-refractivity contribution in [2.24, 2.45) is 0 Å². The molecule has 2 aromatic rings. The van der Waals surface area contributed by atoms with E-state index in [-0.39, 0.29) is 11.4 Å². The van der Waals surface area contributed by atoms with Gasteiger partial charge in [-0.05, 0) is 42.8 Å². The van der Waals surface area contributed by atoms with Gasteiger partial charge in [0, 0.05) is 16.6 Å². The molecule has 1 N–H and O–H groups in total. The van der Waals surface area contributed by atoms with Gasteiger partial charge in [-0.2, -0.15) is 0 Å². The number of aryl methyl sites for hydroxylation is 1. The Bertz CT molecular complexity index is 692. The van der Waals surface area contributed by atoms with Crippen LogP contribution in [0.1, 0.15) is 11.1 Å². The Labute approximate surface area is 128 Å². The van der Waals surface area contributed by atoms with E-state index in [1.165, 1.54) is 0 Å². The van der Waals surface area contributed by atoms with E-state index >= 15 is 0 Å². The maximum absolute atomic E-state index is 12.1. The van der Waals surface area contributed by atoms with E-state index in [9.17, 15) is 8.42 Å². The predicted molar refractivity (Wildman–Crippen MR) is 81.7 cm³/mol. The molecule has 6 heteroatoms. The van der Waals surface area contributed by atoms with Crippen molar-refractivity contribution in [3.8, 4) is 0 Å². The van der Waals surface area contributed by atoms with Gasteiger partial charge in [-0.1, -0.05) is 40.9 Å². The van der Waals surface area contributed by atoms with Gasteiger partial charge in [0.25, 0.3) is 0 Å². The third-order valence-corrected chi connectivity index (χ3v) is 4.57. The maximum atomic E-state index is 12.1. The molecule has 2 rings (SSSR count). The summed E-state index contributed by atoms with van der Waals surface area (Å²) in [5, 5.41) is 0.948. The number of nitrogens with one attached hydrogen (secondary N) is 1. The van der Waals surface area contributed by atoms with Crippen LogP contribution >= 0.6 is 23.2 Å². The van der Waals surface area contributed by atoms with Crippen molar-refractivity contribution in [1.29, 1.82) is 0 Å². The molecule has 0 aromatic heterocycles. The normalized spacial score (nSPS) is 11.6. The van der Waals surface area contributed by atoms with Gasteiger partial charge in [-0.3, -0.25) is 0 Å². The molecule has 0 aliphatic carbocycles. The largest absolute Gasteiger partial charge is 0.240 e. The number of hydrogen-bond donors (Lipinski definition) is 1. The van der Waals surface area contributed by atoms with E-state index in [0.717, 1.165) is 5.56 Å². The number of sulfonamides is 1. The van der Waals surface area contributed by atoms with Crippen LogP contribution in [0, 0.1) is 6.92 Å². The second-order valence-corrected chi connectivity index (χ2v) is 7.06. The van der Waals surface area contributed by atoms with Gasteiger partial charge in [0.15, 0.2) is 0 Å². The lowest BCUT2D eigenvalue weighted by Crippen LogP contribution is -2.23. The van der Waals surface area contributed by atoms with Crippen molar-refractivity contribution >= 4 is 33.2 Å². The van der Waals surface area contributed by atoms with Gasteiger partial charge in [-0.15, -0.1) is 0 Å². The molecule has 2 aromatic carbocycles. The average molecular weight is 330 g/mol. The molecule has 0 heterocycles. The molecule has 106 valence electrons. The molecule has 0 saturated heterocycles. The third kappa shape index (κ3) is 3.96. The van der Waals surface area contributed by atoms with E-state index in [4.69, 9.17) is 23.2 Å². The number of benzene rings is 2. The predicted octanol–water partition coefficient (Wildman–Crippen LogP) is 3.78. The lowest BCUT2D eigenvalue weighted by atomic mass is 10.2. The monoisotopic (exact) mass is 329 g/mol. The molecule has 0 aliphatic rings. The summed E-state index contributed by atoms with van der Waals surface area (Å²) >= 11 is 11.7. The minimum Gasteiger partial charge on any atom is -0.207 e. The van der Waals surface area contributed by atoms with Crippen LogP contribution in [0.2, 0.25) is 10.0 Å². The summed E-state index contributed by atoms with van der Waals surface area (Å²) < 4.78 is 26.7. The lowest BCUT2D eigenvalue weighted by molar-refractivity contribution is 0.581. The third-order valence-electron chi connectivity index (χ3n) is 2.72. The van der Waals surface area contributed by atoms with Gasteiger partial charge in [-0.25, -0.2) is 13.1 Å². The fourth-order valence-corrected chi connectivity index (χ4v) is 3.28. The summed E-state index contributed by atoms with van der Waals surface area (Å²) in [6.07, 6.45) is 0. The second kappa shape index (κ2) is 6.14. The zero-order valence-corrected chi connectivity index (χ0v) is 13.1. The topological polar surface area (TPSA) is 46.2 Å². The number of halogens is 2. The molecular weight excluding hydrogens is 317 g/mol. The molecule has 0 aliphatic heterocycles. The average Bonchev–Trinajstić information content (AvgIpc) is 2.36. The summed E-state index contributed by atoms with van der Waals surface area (Å²) in [6.45, 7) is 2.04. The Hall–Kier alpha value is -1.07. The molecule has 0 atom stereocenters. The molecule has 0 unspecified atom stereocenters. The molecular formula is C14H13Cl2NO2S. The van der Waals surface area contributed by atoms with Crippen molar-refractivity contribution in [1.82, 2.24) is 4.72 Å². The minimum atomic E-state index is -3.54. The first-order valence-electron chi connectivity index (χ1n) is 5.88. The summed E-state index contributed by atoms with van der Waals surface area (Å²) in [5.74, 6) is 0. The second-order valence-electron chi connectivity index (χ2n) is 4.42. The highest BCUT2D eigenvalue weighted by molar-refractivity contribution is 7.89. The van der Waals surface area contributed by atoms with Gasteiger partial charge < -0.3 is 0 Å². The Kier molecular flexibility index (Phi) is 4.70. The smallest absolute Gasteiger partial charge is 0.207 e. The van der Waals surface area contributed by atoms with E-state index in [1.807, 2.05) is 6.92 Å². The molecule has 0 spiro atoms. The first-order chi connectivity index (χ1) is 9.37. The molecule has 0 saturated carbocycles. The van der Waals surface area contributed by atoms with Gasteiger partial charge in [0.2, 0.25) is 10.0 Å². The van der Waals surface area contributed by atoms with Crippen molar-refractivity contribution in [3.63, 3.8) is 0 Å². The molecule has 0 radical (unpaired) electrons. The van der Waals surface area contributed by atoms with Crippen LogP contribution < -0.4 is 4.72 Å². The summed E-state index contributed by atoms with van der Waals surface area (Å²) in [7, 11) is -3.54. The summed E-state index contributed by atoms with van der Waals surface area (Å²) in [5.41, 5.74) is 1.71. The fourth-order valence-electron chi connectivity index (χ4n) is 1.69. The van der Waals surface area contributed by atoms with E-state index in [2.05, 4.69) is 4.72 Å². The quantitative estimate of drug-likeness (QED) is 0.927. The van der Waals surface area contributed by atoms with E-state index in [1.54, 1.807) is 42.5 Å². The van der Waals surface area contributed by atoms with Gasteiger partial charge in [0.1, 0.15) is 0 Å². The molecule has 0 amide bonds. The first kappa shape index (κ1) is 15.3. The Morgan fingerprint density at radius 3 is 2.10 bits per heavy atom. The maximum Gasteiger partial charge on any atom is 0.240 e. The SMILES string of the molecule is Cc1ccc(S(=O)(=O)NCc2cc(Cl)cc(Cl)c2)cc1. The van der Waals surface area contributed by atoms with E-state index in [0.29, 0.717) is 15.6 Å². The van der Waals surface area contributed by atoms with Crippen molar-refractivity contribution in [3.05, 3.63) is 63.6 Å². The Morgan fingerprint density at radius 1 is 1.00 bits per heavy atom. The fraction of sp³-hybridized carbons (Fsp3) is 0.143. The Morgan fingerprint density at radius 2 is 1.55 bits per heavy atom. The van der Waals surface area contributed by atoms with Crippen molar-refractivity contribution in [2.45, 2.75) is 18.4 Å². The van der Waals surface area contributed by atoms with Crippen LogP contribution in [-0.4, -0.2) is 8.42 Å². The molecule has 0 fully saturated rings. The zero-order valence-electron chi connectivity index (χ0n) is 10.7. The molecule has 3 nitrogen and oxygen atoms in total. The molecule has 0 bridgehead atoms. The van der Waals surface area contributed by atoms with Crippen LogP contribution in [0.5, 0.6) is 0 Å². The van der Waals surface area contributed by atoms with Gasteiger partial charge in [0.05, 0.1) is 4.90 Å². The standard InChI is InChI=1S/C14H13Cl2NO2S/c1-10-2-4-14(5-3-10)20(18,19)17-9-11-6-12(15)8-13(16)7-11/h2-8,17H,9H2,1H3. The summed E-state index contributed by atoms with van der Waals surface area (Å²) in [6, 6.07) is 11.6. The van der Waals surface area contributed by atoms with Crippen LogP contribution in [0.4, 0.5) is 0 Å². The van der Waals surface area contributed by atoms with Crippen LogP contribution in [0.15, 0.2) is 47.4 Å². The summed E-state index contributed by atoms with van der Waals surface area (Å²) in [4.78, 5) is 0.233. The van der Waals surface area contributed by atoms with E-state index < -0.39 is 10.0 Å². The van der Waals surface area contributed by atoms with Gasteiger partial charge >= 0.3 is 0 Å². The first-order valence-corrected chi connectivity index (χ1v) is 8.12. The number of hydrogen-bond acceptors (Lipinski definition) is 2. The van der Waals surface area contributed by atoms with Crippen LogP contribution in [0.25, 0.3) is 0 Å². The molecule has 20 heavy (non-hydrogen) atoms. The lowest BCUT2D eigenvalue weighted by Gasteiger charge is -2.08. The highest BCUT2D eigenvalue weighted by Crippen LogP contribution is 2.19. The Balaban J connectivity index is 2.15.